The molecule has 2 N–H and O–H groups in total. The fraction of sp³-hybridized carbons (Fsp3) is 0.619. The summed E-state index contributed by atoms with van der Waals surface area (Å²) in [6, 6.07) is 4.79. The van der Waals surface area contributed by atoms with Crippen LogP contribution in [0.3, 0.4) is 0 Å². The molecule has 1 heterocycles. The number of carbonyl (C=O) groups is 2. The van der Waals surface area contributed by atoms with Crippen molar-refractivity contribution < 1.29 is 14.3 Å². The van der Waals surface area contributed by atoms with E-state index in [0.29, 0.717) is 49.1 Å². The first kappa shape index (κ1) is 19.5. The van der Waals surface area contributed by atoms with Gasteiger partial charge in [0.05, 0.1) is 23.8 Å². The molecule has 3 fully saturated rings. The van der Waals surface area contributed by atoms with Crippen molar-refractivity contribution in [2.24, 2.45) is 17.8 Å². The monoisotopic (exact) mass is 405 g/mol. The van der Waals surface area contributed by atoms with Gasteiger partial charge >= 0.3 is 6.03 Å². The number of halogens is 1. The molecular weight excluding hydrogens is 378 g/mol. The van der Waals surface area contributed by atoms with E-state index in [0.717, 1.165) is 24.2 Å². The summed E-state index contributed by atoms with van der Waals surface area (Å²) in [6.07, 6.45) is 6.56. The Labute approximate surface area is 170 Å². The Morgan fingerprint density at radius 1 is 1.18 bits per heavy atom. The van der Waals surface area contributed by atoms with Crippen LogP contribution in [0.1, 0.15) is 42.5 Å². The second kappa shape index (κ2) is 8.70. The Morgan fingerprint density at radius 3 is 2.68 bits per heavy atom. The quantitative estimate of drug-likeness (QED) is 0.783. The van der Waals surface area contributed by atoms with Gasteiger partial charge in [0.2, 0.25) is 0 Å². The number of amides is 3. The van der Waals surface area contributed by atoms with Crippen LogP contribution in [0.25, 0.3) is 0 Å². The van der Waals surface area contributed by atoms with E-state index in [4.69, 9.17) is 16.3 Å². The number of nitrogens with one attached hydrogen (secondary N) is 2. The summed E-state index contributed by atoms with van der Waals surface area (Å²) >= 11 is 6.30. The van der Waals surface area contributed by atoms with E-state index < -0.39 is 0 Å². The average molecular weight is 406 g/mol. The van der Waals surface area contributed by atoms with E-state index in [1.807, 2.05) is 0 Å². The number of carbonyl (C=O) groups excluding carboxylic acids is 2. The highest BCUT2D eigenvalue weighted by Crippen LogP contribution is 2.49. The molecule has 0 aromatic heterocycles. The molecule has 3 atom stereocenters. The van der Waals surface area contributed by atoms with E-state index in [1.165, 1.54) is 25.7 Å². The van der Waals surface area contributed by atoms with Gasteiger partial charge < -0.3 is 20.3 Å². The number of nitrogens with zero attached hydrogens (tertiary/aromatic N) is 1. The maximum Gasteiger partial charge on any atom is 0.319 e. The number of rotatable bonds is 5. The first-order valence-corrected chi connectivity index (χ1v) is 10.7. The zero-order valence-corrected chi connectivity index (χ0v) is 16.8. The van der Waals surface area contributed by atoms with Crippen LogP contribution in [0, 0.1) is 17.8 Å². The summed E-state index contributed by atoms with van der Waals surface area (Å²) in [6.45, 7) is 2.93. The molecule has 28 heavy (non-hydrogen) atoms. The molecular formula is C21H28ClN3O3. The van der Waals surface area contributed by atoms with Crippen LogP contribution >= 0.6 is 11.6 Å². The molecule has 1 aromatic rings. The van der Waals surface area contributed by atoms with Crippen LogP contribution in [-0.2, 0) is 4.74 Å². The number of morpholine rings is 1. The van der Waals surface area contributed by atoms with Crippen LogP contribution in [0.4, 0.5) is 10.5 Å². The Bertz CT molecular complexity index is 736. The molecule has 2 bridgehead atoms. The fourth-order valence-electron chi connectivity index (χ4n) is 4.98. The summed E-state index contributed by atoms with van der Waals surface area (Å²) in [5, 5.41) is 6.10. The molecule has 1 aromatic carbocycles. The van der Waals surface area contributed by atoms with Gasteiger partial charge in [0.25, 0.3) is 5.91 Å². The minimum absolute atomic E-state index is 0.102. The fourth-order valence-corrected chi connectivity index (χ4v) is 5.24. The lowest BCUT2D eigenvalue weighted by Crippen LogP contribution is -2.40. The first-order chi connectivity index (χ1) is 13.6. The molecule has 4 rings (SSSR count). The minimum Gasteiger partial charge on any atom is -0.378 e. The van der Waals surface area contributed by atoms with Crippen molar-refractivity contribution in [1.82, 2.24) is 10.2 Å². The third-order valence-corrected chi connectivity index (χ3v) is 6.75. The van der Waals surface area contributed by atoms with Gasteiger partial charge in [-0.1, -0.05) is 18.0 Å². The van der Waals surface area contributed by atoms with Gasteiger partial charge in [-0.15, -0.1) is 0 Å². The number of hydrogen-bond acceptors (Lipinski definition) is 3. The van der Waals surface area contributed by atoms with Crippen LogP contribution in [-0.4, -0.2) is 49.7 Å². The number of benzene rings is 1. The summed E-state index contributed by atoms with van der Waals surface area (Å²) < 4.78 is 5.28. The highest BCUT2D eigenvalue weighted by molar-refractivity contribution is 6.34. The van der Waals surface area contributed by atoms with E-state index in [2.05, 4.69) is 10.6 Å². The standard InChI is InChI=1S/C21H28ClN3O3/c22-19-13-17(3-4-18(19)20(26)25-7-9-28-10-8-25)24-21(27)23-6-5-16-12-14-1-2-15(16)11-14/h3-4,13-16H,1-2,5-12H2,(H2,23,24,27)/t14-,15-,16-/m0/s1. The number of hydrogen-bond donors (Lipinski definition) is 2. The average Bonchev–Trinajstić information content (AvgIpc) is 3.32. The van der Waals surface area contributed by atoms with Crippen LogP contribution in [0.2, 0.25) is 5.02 Å². The molecule has 3 amide bonds. The van der Waals surface area contributed by atoms with Crippen LogP contribution < -0.4 is 10.6 Å². The van der Waals surface area contributed by atoms with Crippen molar-refractivity contribution >= 4 is 29.2 Å². The zero-order chi connectivity index (χ0) is 19.5. The largest absolute Gasteiger partial charge is 0.378 e. The Morgan fingerprint density at radius 2 is 2.00 bits per heavy atom. The van der Waals surface area contributed by atoms with Crippen LogP contribution in [0.5, 0.6) is 0 Å². The van der Waals surface area contributed by atoms with Crippen molar-refractivity contribution in [2.75, 3.05) is 38.2 Å². The van der Waals surface area contributed by atoms with E-state index in [9.17, 15) is 9.59 Å². The third kappa shape index (κ3) is 4.44. The lowest BCUT2D eigenvalue weighted by atomic mass is 9.86. The SMILES string of the molecule is O=C(NCC[C@H]1C[C@H]2CC[C@H]1C2)Nc1ccc(C(=O)N2CCOCC2)c(Cl)c1. The van der Waals surface area contributed by atoms with Gasteiger partial charge in [-0.05, 0) is 61.6 Å². The molecule has 2 saturated carbocycles. The molecule has 6 nitrogen and oxygen atoms in total. The topological polar surface area (TPSA) is 70.7 Å². The number of anilines is 1. The predicted octanol–water partition coefficient (Wildman–Crippen LogP) is 3.76. The summed E-state index contributed by atoms with van der Waals surface area (Å²) in [5.41, 5.74) is 1.03. The smallest absolute Gasteiger partial charge is 0.319 e. The van der Waals surface area contributed by atoms with Gasteiger partial charge in [0.1, 0.15) is 0 Å². The van der Waals surface area contributed by atoms with Gasteiger partial charge in [-0.3, -0.25) is 4.79 Å². The lowest BCUT2D eigenvalue weighted by molar-refractivity contribution is 0.0303. The summed E-state index contributed by atoms with van der Waals surface area (Å²) in [4.78, 5) is 26.5. The Kier molecular flexibility index (Phi) is 6.07. The number of urea groups is 1. The van der Waals surface area contributed by atoms with Crippen molar-refractivity contribution in [3.63, 3.8) is 0 Å². The molecule has 1 saturated heterocycles. The van der Waals surface area contributed by atoms with Gasteiger partial charge in [-0.2, -0.15) is 0 Å². The molecule has 0 spiro atoms. The predicted molar refractivity (Wildman–Crippen MR) is 109 cm³/mol. The van der Waals surface area contributed by atoms with Crippen molar-refractivity contribution in [3.8, 4) is 0 Å². The highest BCUT2D eigenvalue weighted by atomic mass is 35.5. The molecule has 7 heteroatoms. The lowest BCUT2D eigenvalue weighted by Gasteiger charge is -2.27. The van der Waals surface area contributed by atoms with E-state index in [-0.39, 0.29) is 11.9 Å². The third-order valence-electron chi connectivity index (χ3n) is 6.44. The van der Waals surface area contributed by atoms with Crippen molar-refractivity contribution in [1.29, 1.82) is 0 Å². The Hall–Kier alpha value is -1.79. The summed E-state index contributed by atoms with van der Waals surface area (Å²) in [7, 11) is 0. The molecule has 3 aliphatic rings. The molecule has 0 unspecified atom stereocenters. The Balaban J connectivity index is 1.25. The number of ether oxygens (including phenoxy) is 1. The van der Waals surface area contributed by atoms with Gasteiger partial charge in [0.15, 0.2) is 0 Å². The highest BCUT2D eigenvalue weighted by Gasteiger charge is 2.38. The maximum absolute atomic E-state index is 12.6. The van der Waals surface area contributed by atoms with Crippen LogP contribution in [0.15, 0.2) is 18.2 Å². The van der Waals surface area contributed by atoms with Crippen molar-refractivity contribution in [3.05, 3.63) is 28.8 Å². The minimum atomic E-state index is -0.230. The second-order valence-electron chi connectivity index (χ2n) is 8.20. The molecule has 0 radical (unpaired) electrons. The van der Waals surface area contributed by atoms with Gasteiger partial charge in [-0.25, -0.2) is 4.79 Å². The van der Waals surface area contributed by atoms with E-state index >= 15 is 0 Å². The zero-order valence-electron chi connectivity index (χ0n) is 16.1. The molecule has 2 aliphatic carbocycles. The maximum atomic E-state index is 12.6. The van der Waals surface area contributed by atoms with E-state index in [1.54, 1.807) is 23.1 Å². The second-order valence-corrected chi connectivity index (χ2v) is 8.61. The molecule has 152 valence electrons. The van der Waals surface area contributed by atoms with Gasteiger partial charge in [0, 0.05) is 25.3 Å². The van der Waals surface area contributed by atoms with Crippen molar-refractivity contribution in [2.45, 2.75) is 32.1 Å². The number of fused-ring (bicyclic) bond motifs is 2. The normalized spacial score (nSPS) is 26.3. The first-order valence-electron chi connectivity index (χ1n) is 10.3. The summed E-state index contributed by atoms with van der Waals surface area (Å²) in [5.74, 6) is 2.49. The molecule has 1 aliphatic heterocycles.